The predicted molar refractivity (Wildman–Crippen MR) is 140 cm³/mol. The summed E-state index contributed by atoms with van der Waals surface area (Å²) in [7, 11) is -3.67. The van der Waals surface area contributed by atoms with Crippen LogP contribution in [0, 0.1) is 0 Å². The molecule has 1 aromatic heterocycles. The second-order valence-electron chi connectivity index (χ2n) is 8.24. The zero-order valence-corrected chi connectivity index (χ0v) is 21.1. The largest absolute Gasteiger partial charge is 0.463 e. The number of para-hydroxylation sites is 1. The molecule has 0 saturated heterocycles. The number of H-pyrrole nitrogens is 1. The topological polar surface area (TPSA) is 122 Å². The molecule has 10 heteroatoms. The number of nitrogens with one attached hydrogen (secondary N) is 2. The number of hydrogen-bond donors (Lipinski definition) is 2. The molecule has 37 heavy (non-hydrogen) atoms. The van der Waals surface area contributed by atoms with Crippen molar-refractivity contribution >= 4 is 44.2 Å². The maximum Gasteiger partial charge on any atom is 0.329 e. The van der Waals surface area contributed by atoms with Gasteiger partial charge in [0.2, 0.25) is 5.56 Å². The van der Waals surface area contributed by atoms with Crippen LogP contribution in [0.1, 0.15) is 15.9 Å². The first-order valence-electron chi connectivity index (χ1n) is 11.3. The number of carbonyl (C=O) groups is 2. The number of fused-ring (bicyclic) bond motifs is 1. The number of hydrogen-bond acceptors (Lipinski definition) is 6. The van der Waals surface area contributed by atoms with Crippen LogP contribution in [-0.4, -0.2) is 43.7 Å². The first-order valence-corrected chi connectivity index (χ1v) is 13.4. The van der Waals surface area contributed by atoms with Crippen molar-refractivity contribution in [2.24, 2.45) is 0 Å². The molecule has 0 saturated carbocycles. The number of carbonyl (C=O) groups excluding carboxylic acids is 2. The Labute approximate surface area is 218 Å². The van der Waals surface area contributed by atoms with Crippen molar-refractivity contribution in [1.29, 1.82) is 0 Å². The van der Waals surface area contributed by atoms with Crippen molar-refractivity contribution in [2.75, 3.05) is 12.4 Å². The fourth-order valence-corrected chi connectivity index (χ4v) is 5.04. The zero-order chi connectivity index (χ0) is 26.4. The fourth-order valence-electron chi connectivity index (χ4n) is 3.80. The normalized spacial score (nSPS) is 12.1. The third-order valence-corrected chi connectivity index (χ3v) is 7.60. The first kappa shape index (κ1) is 26.1. The highest BCUT2D eigenvalue weighted by Gasteiger charge is 2.25. The molecule has 8 nitrogen and oxygen atoms in total. The Balaban J connectivity index is 1.55. The number of sulfone groups is 1. The number of aromatic nitrogens is 1. The number of benzene rings is 3. The summed E-state index contributed by atoms with van der Waals surface area (Å²) in [4.78, 5) is 41.0. The molecule has 0 radical (unpaired) electrons. The van der Waals surface area contributed by atoms with E-state index in [2.05, 4.69) is 10.3 Å². The van der Waals surface area contributed by atoms with Crippen molar-refractivity contribution in [2.45, 2.75) is 17.4 Å². The Morgan fingerprint density at radius 3 is 2.35 bits per heavy atom. The van der Waals surface area contributed by atoms with Gasteiger partial charge in [0.25, 0.3) is 5.91 Å². The van der Waals surface area contributed by atoms with Gasteiger partial charge in [-0.25, -0.2) is 13.2 Å². The van der Waals surface area contributed by atoms with E-state index in [1.54, 1.807) is 54.6 Å². The number of pyridine rings is 1. The Hall–Kier alpha value is -3.95. The Morgan fingerprint density at radius 1 is 0.946 bits per heavy atom. The molecule has 1 amide bonds. The highest BCUT2D eigenvalue weighted by atomic mass is 35.5. The number of esters is 1. The highest BCUT2D eigenvalue weighted by molar-refractivity contribution is 7.91. The molecule has 0 unspecified atom stereocenters. The minimum absolute atomic E-state index is 0.0476. The average Bonchev–Trinajstić information content (AvgIpc) is 2.89. The van der Waals surface area contributed by atoms with Gasteiger partial charge in [-0.3, -0.25) is 9.59 Å². The third kappa shape index (κ3) is 6.63. The van der Waals surface area contributed by atoms with Crippen LogP contribution in [0.3, 0.4) is 0 Å². The molecule has 190 valence electrons. The van der Waals surface area contributed by atoms with Crippen molar-refractivity contribution in [3.05, 3.63) is 111 Å². The summed E-state index contributed by atoms with van der Waals surface area (Å²) in [6.45, 7) is -0.403. The molecule has 0 fully saturated rings. The second kappa shape index (κ2) is 11.4. The van der Waals surface area contributed by atoms with Crippen LogP contribution in [0.2, 0.25) is 5.02 Å². The van der Waals surface area contributed by atoms with Gasteiger partial charge in [-0.15, -0.1) is 0 Å². The van der Waals surface area contributed by atoms with Crippen LogP contribution in [-0.2, 0) is 25.8 Å². The second-order valence-corrected chi connectivity index (χ2v) is 10.8. The van der Waals surface area contributed by atoms with Gasteiger partial charge < -0.3 is 15.0 Å². The molecule has 0 aliphatic heterocycles. The van der Waals surface area contributed by atoms with E-state index in [4.69, 9.17) is 16.3 Å². The van der Waals surface area contributed by atoms with Crippen molar-refractivity contribution < 1.29 is 22.7 Å². The number of amides is 1. The van der Waals surface area contributed by atoms with Crippen LogP contribution in [0.5, 0.6) is 0 Å². The van der Waals surface area contributed by atoms with Gasteiger partial charge in [-0.2, -0.15) is 0 Å². The van der Waals surface area contributed by atoms with Gasteiger partial charge in [0, 0.05) is 34.0 Å². The third-order valence-electron chi connectivity index (χ3n) is 5.66. The molecular weight excluding hydrogens is 516 g/mol. The molecule has 2 N–H and O–H groups in total. The van der Waals surface area contributed by atoms with Crippen molar-refractivity contribution in [3.8, 4) is 0 Å². The molecule has 1 heterocycles. The van der Waals surface area contributed by atoms with Crippen molar-refractivity contribution in [3.63, 3.8) is 0 Å². The van der Waals surface area contributed by atoms with E-state index >= 15 is 0 Å². The zero-order valence-electron chi connectivity index (χ0n) is 19.5. The summed E-state index contributed by atoms with van der Waals surface area (Å²) in [5, 5.41) is 3.79. The number of rotatable bonds is 9. The molecule has 3 aromatic carbocycles. The van der Waals surface area contributed by atoms with E-state index in [0.717, 1.165) is 0 Å². The quantitative estimate of drug-likeness (QED) is 0.314. The minimum atomic E-state index is -3.67. The molecule has 4 rings (SSSR count). The van der Waals surface area contributed by atoms with Gasteiger partial charge in [0.1, 0.15) is 12.6 Å². The van der Waals surface area contributed by atoms with Crippen LogP contribution >= 0.6 is 11.6 Å². The lowest BCUT2D eigenvalue weighted by Gasteiger charge is -2.19. The maximum absolute atomic E-state index is 13.1. The van der Waals surface area contributed by atoms with E-state index in [1.807, 2.05) is 0 Å². The summed E-state index contributed by atoms with van der Waals surface area (Å²) in [5.41, 5.74) is 1.01. The number of ether oxygens (including phenoxy) is 1. The van der Waals surface area contributed by atoms with Crippen LogP contribution in [0.25, 0.3) is 10.9 Å². The lowest BCUT2D eigenvalue weighted by atomic mass is 10.0. The summed E-state index contributed by atoms with van der Waals surface area (Å²) in [6, 6.07) is 21.2. The van der Waals surface area contributed by atoms with Crippen molar-refractivity contribution in [1.82, 2.24) is 10.3 Å². The van der Waals surface area contributed by atoms with E-state index in [9.17, 15) is 22.8 Å². The average molecular weight is 539 g/mol. The fraction of sp³-hybridized carbons (Fsp3) is 0.148. The van der Waals surface area contributed by atoms with Gasteiger partial charge in [-0.1, -0.05) is 48.0 Å². The van der Waals surface area contributed by atoms with E-state index in [0.29, 0.717) is 21.5 Å². The molecule has 0 spiro atoms. The molecule has 1 atom stereocenters. The molecule has 0 aliphatic rings. The van der Waals surface area contributed by atoms with E-state index < -0.39 is 40.1 Å². The van der Waals surface area contributed by atoms with Gasteiger partial charge >= 0.3 is 5.97 Å². The standard InChI is InChI=1S/C27H23ClN2O6S/c28-20-12-10-18(11-13-20)26(32)30-24(16-19-17-25(31)29-23-9-5-4-8-22(19)23)27(33)36-14-15-37(34,35)21-6-2-1-3-7-21/h1-13,17,24H,14-16H2,(H,29,31)(H,30,32)/t24-/m0/s1. The monoisotopic (exact) mass is 538 g/mol. The highest BCUT2D eigenvalue weighted by Crippen LogP contribution is 2.18. The Morgan fingerprint density at radius 2 is 1.62 bits per heavy atom. The van der Waals surface area contributed by atoms with Crippen LogP contribution in [0.4, 0.5) is 0 Å². The first-order chi connectivity index (χ1) is 17.7. The van der Waals surface area contributed by atoms with Crippen LogP contribution < -0.4 is 10.9 Å². The molecule has 0 bridgehead atoms. The van der Waals surface area contributed by atoms with E-state index in [1.165, 1.54) is 30.3 Å². The number of aromatic amines is 1. The Bertz CT molecular complexity index is 1590. The summed E-state index contributed by atoms with van der Waals surface area (Å²) in [6.07, 6.45) is -0.0476. The molecule has 0 aliphatic carbocycles. The van der Waals surface area contributed by atoms with Gasteiger partial charge in [0.15, 0.2) is 9.84 Å². The summed E-state index contributed by atoms with van der Waals surface area (Å²) in [5.74, 6) is -1.80. The summed E-state index contributed by atoms with van der Waals surface area (Å²) < 4.78 is 30.4. The lowest BCUT2D eigenvalue weighted by Crippen LogP contribution is -2.44. The SMILES string of the molecule is O=C(N[C@@H](Cc1cc(=O)[nH]c2ccccc12)C(=O)OCCS(=O)(=O)c1ccccc1)c1ccc(Cl)cc1. The molecular formula is C27H23ClN2O6S. The van der Waals surface area contributed by atoms with Gasteiger partial charge in [0.05, 0.1) is 10.6 Å². The molecule has 4 aromatic rings. The minimum Gasteiger partial charge on any atom is -0.463 e. The maximum atomic E-state index is 13.1. The Kier molecular flexibility index (Phi) is 8.05. The van der Waals surface area contributed by atoms with Gasteiger partial charge in [-0.05, 0) is 48.0 Å². The van der Waals surface area contributed by atoms with E-state index in [-0.39, 0.29) is 22.4 Å². The lowest BCUT2D eigenvalue weighted by molar-refractivity contribution is -0.145. The number of halogens is 1. The van der Waals surface area contributed by atoms with Crippen LogP contribution in [0.15, 0.2) is 94.6 Å². The predicted octanol–water partition coefficient (Wildman–Crippen LogP) is 3.54. The smallest absolute Gasteiger partial charge is 0.329 e. The summed E-state index contributed by atoms with van der Waals surface area (Å²) >= 11 is 5.90.